The summed E-state index contributed by atoms with van der Waals surface area (Å²) in [7, 11) is 0. The van der Waals surface area contributed by atoms with Gasteiger partial charge in [0.05, 0.1) is 19.1 Å². The average molecular weight is 525 g/mol. The zero-order valence-corrected chi connectivity index (χ0v) is 23.6. The van der Waals surface area contributed by atoms with Crippen molar-refractivity contribution < 1.29 is 9.53 Å². The summed E-state index contributed by atoms with van der Waals surface area (Å²) in [5.74, 6) is 0.440. The molecule has 1 aromatic heterocycles. The molecule has 1 fully saturated rings. The van der Waals surface area contributed by atoms with E-state index in [1.54, 1.807) is 0 Å². The first-order chi connectivity index (χ1) is 18.6. The largest absolute Gasteiger partial charge is 0.378 e. The monoisotopic (exact) mass is 524 g/mol. The van der Waals surface area contributed by atoms with E-state index in [-0.39, 0.29) is 11.5 Å². The highest BCUT2D eigenvalue weighted by atomic mass is 16.5. The summed E-state index contributed by atoms with van der Waals surface area (Å²) in [6.45, 7) is 6.87. The van der Waals surface area contributed by atoms with Crippen molar-refractivity contribution >= 4 is 17.4 Å². The number of ether oxygens (including phenoxy) is 1. The number of hydrogen-bond acceptors (Lipinski definition) is 5. The van der Waals surface area contributed by atoms with Crippen molar-refractivity contribution in [1.82, 2.24) is 9.97 Å². The van der Waals surface area contributed by atoms with Crippen LogP contribution in [0.3, 0.4) is 0 Å². The molecule has 2 N–H and O–H groups in total. The lowest BCUT2D eigenvalue weighted by Crippen LogP contribution is -2.38. The number of benzene rings is 1. The lowest BCUT2D eigenvalue weighted by Gasteiger charge is -2.28. The Kier molecular flexibility index (Phi) is 13.4. The molecule has 1 unspecified atom stereocenters. The second-order valence-corrected chi connectivity index (χ2v) is 10.7. The molecule has 1 aromatic carbocycles. The van der Waals surface area contributed by atoms with Gasteiger partial charge in [0.25, 0.3) is 5.56 Å². The number of unbranched alkanes of at least 4 members (excludes halogenated alkanes) is 11. The minimum absolute atomic E-state index is 0.124. The molecule has 38 heavy (non-hydrogen) atoms. The highest BCUT2D eigenvalue weighted by Gasteiger charge is 2.25. The third kappa shape index (κ3) is 10.6. The number of morpholine rings is 1. The molecule has 2 heterocycles. The summed E-state index contributed by atoms with van der Waals surface area (Å²) >= 11 is 0. The molecule has 0 radical (unpaired) electrons. The summed E-state index contributed by atoms with van der Waals surface area (Å²) in [5, 5.41) is 3.06. The highest BCUT2D eigenvalue weighted by Crippen LogP contribution is 2.24. The molecule has 2 aromatic rings. The quantitative estimate of drug-likeness (QED) is 0.224. The molecular weight excluding hydrogens is 476 g/mol. The van der Waals surface area contributed by atoms with Crippen LogP contribution in [-0.4, -0.2) is 42.2 Å². The Morgan fingerprint density at radius 1 is 0.974 bits per heavy atom. The Morgan fingerprint density at radius 2 is 1.61 bits per heavy atom. The number of aromatic nitrogens is 2. The van der Waals surface area contributed by atoms with Crippen molar-refractivity contribution in [3.8, 4) is 0 Å². The smallest absolute Gasteiger partial charge is 0.253 e. The second-order valence-electron chi connectivity index (χ2n) is 10.7. The standard InChI is InChI=1S/C31H48N4O3/c1-3-4-5-6-7-8-9-10-11-12-13-14-18-27(31(37)32-26-17-15-16-25(2)23-26)30-33-28(24-29(36)34-30)35-19-21-38-22-20-35/h15-17,23-24,27H,3-14,18-22H2,1-2H3,(H,32,37)(H,33,34,36). The fourth-order valence-corrected chi connectivity index (χ4v) is 5.12. The van der Waals surface area contributed by atoms with E-state index >= 15 is 0 Å². The van der Waals surface area contributed by atoms with E-state index in [0.29, 0.717) is 44.4 Å². The van der Waals surface area contributed by atoms with Crippen LogP contribution >= 0.6 is 0 Å². The van der Waals surface area contributed by atoms with Crippen molar-refractivity contribution in [3.63, 3.8) is 0 Å². The Balaban J connectivity index is 1.55. The van der Waals surface area contributed by atoms with Crippen LogP contribution < -0.4 is 15.8 Å². The van der Waals surface area contributed by atoms with Gasteiger partial charge in [-0.1, -0.05) is 96.1 Å². The molecule has 7 nitrogen and oxygen atoms in total. The van der Waals surface area contributed by atoms with E-state index in [2.05, 4.69) is 22.1 Å². The van der Waals surface area contributed by atoms with E-state index in [9.17, 15) is 9.59 Å². The zero-order valence-electron chi connectivity index (χ0n) is 23.6. The minimum atomic E-state index is -0.507. The van der Waals surface area contributed by atoms with Gasteiger partial charge >= 0.3 is 0 Å². The number of carbonyl (C=O) groups is 1. The van der Waals surface area contributed by atoms with Crippen molar-refractivity contribution in [2.75, 3.05) is 36.5 Å². The summed E-state index contributed by atoms with van der Waals surface area (Å²) in [4.78, 5) is 35.7. The topological polar surface area (TPSA) is 87.3 Å². The number of aromatic amines is 1. The van der Waals surface area contributed by atoms with E-state index in [1.807, 2.05) is 31.2 Å². The Bertz CT molecular complexity index is 1020. The van der Waals surface area contributed by atoms with Crippen LogP contribution in [0.1, 0.15) is 108 Å². The van der Waals surface area contributed by atoms with Crippen LogP contribution in [0.2, 0.25) is 0 Å². The first kappa shape index (κ1) is 29.9. The lowest BCUT2D eigenvalue weighted by molar-refractivity contribution is -0.117. The number of hydrogen-bond donors (Lipinski definition) is 2. The van der Waals surface area contributed by atoms with Gasteiger partial charge in [-0.05, 0) is 31.0 Å². The maximum Gasteiger partial charge on any atom is 0.253 e. The highest BCUT2D eigenvalue weighted by molar-refractivity contribution is 5.95. The lowest BCUT2D eigenvalue weighted by atomic mass is 9.97. The molecule has 3 rings (SSSR count). The molecule has 1 amide bonds. The van der Waals surface area contributed by atoms with E-state index < -0.39 is 5.92 Å². The van der Waals surface area contributed by atoms with Crippen molar-refractivity contribution in [2.24, 2.45) is 0 Å². The molecule has 1 atom stereocenters. The Hall–Kier alpha value is -2.67. The van der Waals surface area contributed by atoms with Gasteiger partial charge < -0.3 is 19.9 Å². The summed E-state index contributed by atoms with van der Waals surface area (Å²) in [6, 6.07) is 9.31. The molecule has 1 saturated heterocycles. The summed E-state index contributed by atoms with van der Waals surface area (Å²) < 4.78 is 5.45. The number of anilines is 2. The van der Waals surface area contributed by atoms with Crippen LogP contribution in [0.25, 0.3) is 0 Å². The van der Waals surface area contributed by atoms with Gasteiger partial charge in [-0.25, -0.2) is 4.98 Å². The molecule has 7 heteroatoms. The fourth-order valence-electron chi connectivity index (χ4n) is 5.12. The molecule has 0 spiro atoms. The number of rotatable bonds is 17. The average Bonchev–Trinajstić information content (AvgIpc) is 2.91. The van der Waals surface area contributed by atoms with Gasteiger partial charge in [-0.2, -0.15) is 0 Å². The third-order valence-corrected chi connectivity index (χ3v) is 7.36. The van der Waals surface area contributed by atoms with Crippen molar-refractivity contribution in [3.05, 3.63) is 52.1 Å². The van der Waals surface area contributed by atoms with Gasteiger partial charge in [-0.15, -0.1) is 0 Å². The third-order valence-electron chi connectivity index (χ3n) is 7.36. The van der Waals surface area contributed by atoms with Crippen LogP contribution in [0.5, 0.6) is 0 Å². The molecule has 210 valence electrons. The predicted octanol–water partition coefficient (Wildman–Crippen LogP) is 6.73. The number of aryl methyl sites for hydroxylation is 1. The molecule has 0 bridgehead atoms. The summed E-state index contributed by atoms with van der Waals surface area (Å²) in [6.07, 6.45) is 15.9. The van der Waals surface area contributed by atoms with E-state index in [4.69, 9.17) is 9.72 Å². The van der Waals surface area contributed by atoms with Crippen LogP contribution in [0, 0.1) is 6.92 Å². The number of carbonyl (C=O) groups excluding carboxylic acids is 1. The maximum absolute atomic E-state index is 13.4. The number of amides is 1. The number of nitrogens with one attached hydrogen (secondary N) is 2. The Labute approximate surface area is 228 Å². The van der Waals surface area contributed by atoms with Crippen LogP contribution in [0.15, 0.2) is 35.1 Å². The molecular formula is C31H48N4O3. The van der Waals surface area contributed by atoms with E-state index in [0.717, 1.165) is 24.1 Å². The van der Waals surface area contributed by atoms with Gasteiger partial charge in [0.1, 0.15) is 11.6 Å². The van der Waals surface area contributed by atoms with Crippen molar-refractivity contribution in [1.29, 1.82) is 0 Å². The van der Waals surface area contributed by atoms with Crippen molar-refractivity contribution in [2.45, 2.75) is 103 Å². The number of H-pyrrole nitrogens is 1. The molecule has 1 aliphatic heterocycles. The van der Waals surface area contributed by atoms with Gasteiger partial charge in [0, 0.05) is 24.8 Å². The molecule has 1 aliphatic rings. The molecule has 0 aliphatic carbocycles. The first-order valence-corrected chi connectivity index (χ1v) is 14.9. The minimum Gasteiger partial charge on any atom is -0.378 e. The zero-order chi connectivity index (χ0) is 27.0. The maximum atomic E-state index is 13.4. The predicted molar refractivity (Wildman–Crippen MR) is 156 cm³/mol. The van der Waals surface area contributed by atoms with Crippen LogP contribution in [0.4, 0.5) is 11.5 Å². The van der Waals surface area contributed by atoms with Gasteiger partial charge in [0.2, 0.25) is 5.91 Å². The number of nitrogens with zero attached hydrogens (tertiary/aromatic N) is 2. The molecule has 0 saturated carbocycles. The van der Waals surface area contributed by atoms with Crippen LogP contribution in [-0.2, 0) is 9.53 Å². The first-order valence-electron chi connectivity index (χ1n) is 14.9. The van der Waals surface area contributed by atoms with E-state index in [1.165, 1.54) is 70.3 Å². The summed E-state index contributed by atoms with van der Waals surface area (Å²) in [5.41, 5.74) is 1.63. The van der Waals surface area contributed by atoms with Gasteiger partial charge in [0.15, 0.2) is 0 Å². The second kappa shape index (κ2) is 17.0. The fraction of sp³-hybridized carbons (Fsp3) is 0.645. The SMILES string of the molecule is CCCCCCCCCCCCCCC(C(=O)Nc1cccc(C)c1)c1nc(N2CCOCC2)cc(=O)[nH]1. The normalized spacial score (nSPS) is 14.4. The Morgan fingerprint density at radius 3 is 2.24 bits per heavy atom. The van der Waals surface area contributed by atoms with Gasteiger partial charge in [-0.3, -0.25) is 9.59 Å².